The first-order valence-corrected chi connectivity index (χ1v) is 10.5. The lowest BCUT2D eigenvalue weighted by Gasteiger charge is -1.95. The standard InChI is InChI=1S/2C11H20N2/c1-3-4-5-6-8-13-9-7-11(2)10-12;1-2-3-4-7-10-13-11-8-5-6-9-12/h9,11H,3-8H2,1-2H3;11H,2-8,10H2,1H3. The molecular formula is C22H40N4. The molecule has 0 radical (unpaired) electrons. The predicted molar refractivity (Wildman–Crippen MR) is 114 cm³/mol. The van der Waals surface area contributed by atoms with Gasteiger partial charge in [-0.2, -0.15) is 10.5 Å². The maximum Gasteiger partial charge on any atom is 0.0656 e. The molecule has 0 fully saturated rings. The van der Waals surface area contributed by atoms with E-state index in [1.54, 1.807) is 0 Å². The fourth-order valence-corrected chi connectivity index (χ4v) is 2.09. The molecule has 0 spiro atoms. The van der Waals surface area contributed by atoms with Gasteiger partial charge in [-0.15, -0.1) is 0 Å². The summed E-state index contributed by atoms with van der Waals surface area (Å²) >= 11 is 0. The molecule has 0 rings (SSSR count). The van der Waals surface area contributed by atoms with E-state index in [2.05, 4.69) is 36.0 Å². The molecule has 0 aliphatic carbocycles. The van der Waals surface area contributed by atoms with Gasteiger partial charge in [0.2, 0.25) is 0 Å². The number of aliphatic imine (C=N–C) groups is 2. The van der Waals surface area contributed by atoms with Gasteiger partial charge in [0.25, 0.3) is 0 Å². The van der Waals surface area contributed by atoms with Crippen LogP contribution in [0.5, 0.6) is 0 Å². The lowest BCUT2D eigenvalue weighted by molar-refractivity contribution is 0.674. The summed E-state index contributed by atoms with van der Waals surface area (Å²) in [4.78, 5) is 8.54. The van der Waals surface area contributed by atoms with Gasteiger partial charge in [0, 0.05) is 25.4 Å². The zero-order valence-electron chi connectivity index (χ0n) is 17.4. The first-order valence-electron chi connectivity index (χ1n) is 10.5. The molecule has 0 amide bonds. The number of nitrogens with zero attached hydrogens (tertiary/aromatic N) is 4. The first-order chi connectivity index (χ1) is 12.7. The van der Waals surface area contributed by atoms with Crippen LogP contribution in [0.25, 0.3) is 0 Å². The second-order valence-corrected chi connectivity index (χ2v) is 6.62. The second-order valence-electron chi connectivity index (χ2n) is 6.62. The third kappa shape index (κ3) is 27.2. The highest BCUT2D eigenvalue weighted by Gasteiger charge is 1.93. The molecule has 148 valence electrons. The van der Waals surface area contributed by atoms with Crippen molar-refractivity contribution >= 4 is 12.4 Å². The largest absolute Gasteiger partial charge is 0.298 e. The van der Waals surface area contributed by atoms with Gasteiger partial charge in [-0.3, -0.25) is 9.98 Å². The molecule has 0 aliphatic heterocycles. The van der Waals surface area contributed by atoms with Gasteiger partial charge < -0.3 is 0 Å². The minimum atomic E-state index is 0.111. The van der Waals surface area contributed by atoms with Gasteiger partial charge in [0.15, 0.2) is 0 Å². The molecule has 0 saturated heterocycles. The highest BCUT2D eigenvalue weighted by atomic mass is 14.7. The van der Waals surface area contributed by atoms with E-state index in [9.17, 15) is 0 Å². The van der Waals surface area contributed by atoms with Crippen LogP contribution in [0, 0.1) is 28.6 Å². The van der Waals surface area contributed by atoms with Gasteiger partial charge in [0.1, 0.15) is 0 Å². The Balaban J connectivity index is 0. The number of hydrogen-bond acceptors (Lipinski definition) is 4. The van der Waals surface area contributed by atoms with Crippen molar-refractivity contribution in [3.8, 4) is 12.1 Å². The molecule has 0 bridgehead atoms. The molecule has 0 aromatic heterocycles. The maximum absolute atomic E-state index is 8.50. The summed E-state index contributed by atoms with van der Waals surface area (Å²) in [7, 11) is 0. The minimum absolute atomic E-state index is 0.111. The van der Waals surface area contributed by atoms with Gasteiger partial charge >= 0.3 is 0 Å². The normalized spacial score (nSPS) is 11.7. The van der Waals surface area contributed by atoms with Crippen LogP contribution in [0.4, 0.5) is 0 Å². The Labute approximate surface area is 162 Å². The highest BCUT2D eigenvalue weighted by Crippen LogP contribution is 2.00. The van der Waals surface area contributed by atoms with Crippen LogP contribution in [-0.4, -0.2) is 25.5 Å². The average Bonchev–Trinajstić information content (AvgIpc) is 2.66. The van der Waals surface area contributed by atoms with Crippen molar-refractivity contribution in [2.45, 2.75) is 97.8 Å². The Morgan fingerprint density at radius 1 is 0.808 bits per heavy atom. The van der Waals surface area contributed by atoms with Gasteiger partial charge in [-0.25, -0.2) is 0 Å². The van der Waals surface area contributed by atoms with E-state index < -0.39 is 0 Å². The van der Waals surface area contributed by atoms with Gasteiger partial charge in [0.05, 0.1) is 12.1 Å². The third-order valence-corrected chi connectivity index (χ3v) is 3.84. The van der Waals surface area contributed by atoms with Crippen molar-refractivity contribution in [1.29, 1.82) is 10.5 Å². The Hall–Kier alpha value is -1.68. The molecular weight excluding hydrogens is 320 g/mol. The molecule has 4 heteroatoms. The molecule has 4 nitrogen and oxygen atoms in total. The number of unbranched alkanes of at least 4 members (excludes halogenated alkanes) is 8. The van der Waals surface area contributed by atoms with Crippen LogP contribution in [0.1, 0.15) is 97.8 Å². The number of nitriles is 2. The summed E-state index contributed by atoms with van der Waals surface area (Å²) in [5.41, 5.74) is 0. The SMILES string of the molecule is CCCCCCN=CCC(C)C#N.CCCCCCN=CCCCC#N. The molecule has 1 atom stereocenters. The van der Waals surface area contributed by atoms with Gasteiger partial charge in [-0.1, -0.05) is 52.4 Å². The summed E-state index contributed by atoms with van der Waals surface area (Å²) < 4.78 is 0. The molecule has 26 heavy (non-hydrogen) atoms. The first kappa shape index (κ1) is 26.5. The lowest BCUT2D eigenvalue weighted by Crippen LogP contribution is -1.91. The Bertz CT molecular complexity index is 401. The smallest absolute Gasteiger partial charge is 0.0656 e. The predicted octanol–water partition coefficient (Wildman–Crippen LogP) is 6.52. The Kier molecular flexibility index (Phi) is 26.1. The van der Waals surface area contributed by atoms with E-state index >= 15 is 0 Å². The molecule has 0 aliphatic rings. The molecule has 0 saturated carbocycles. The summed E-state index contributed by atoms with van der Waals surface area (Å²) in [6.07, 6.45) is 17.4. The summed E-state index contributed by atoms with van der Waals surface area (Å²) in [5.74, 6) is 0.111. The lowest BCUT2D eigenvalue weighted by atomic mass is 10.1. The van der Waals surface area contributed by atoms with Crippen molar-refractivity contribution in [1.82, 2.24) is 0 Å². The average molecular weight is 361 g/mol. The number of rotatable bonds is 15. The van der Waals surface area contributed by atoms with Crippen LogP contribution in [0.15, 0.2) is 9.98 Å². The monoisotopic (exact) mass is 360 g/mol. The molecule has 0 aromatic carbocycles. The third-order valence-electron chi connectivity index (χ3n) is 3.84. The quantitative estimate of drug-likeness (QED) is 0.246. The van der Waals surface area contributed by atoms with Crippen LogP contribution in [0.2, 0.25) is 0 Å². The fourth-order valence-electron chi connectivity index (χ4n) is 2.09. The maximum atomic E-state index is 8.50. The highest BCUT2D eigenvalue weighted by molar-refractivity contribution is 5.58. The molecule has 0 N–H and O–H groups in total. The molecule has 0 heterocycles. The molecule has 1 unspecified atom stereocenters. The van der Waals surface area contributed by atoms with Gasteiger partial charge in [-0.05, 0) is 51.5 Å². The van der Waals surface area contributed by atoms with Crippen LogP contribution >= 0.6 is 0 Å². The molecule has 0 aromatic rings. The minimum Gasteiger partial charge on any atom is -0.298 e. The van der Waals surface area contributed by atoms with Crippen LogP contribution in [-0.2, 0) is 0 Å². The van der Waals surface area contributed by atoms with E-state index in [1.807, 2.05) is 19.4 Å². The fraction of sp³-hybridized carbons (Fsp3) is 0.818. The van der Waals surface area contributed by atoms with Crippen LogP contribution in [0.3, 0.4) is 0 Å². The zero-order chi connectivity index (χ0) is 19.7. The van der Waals surface area contributed by atoms with Crippen molar-refractivity contribution in [2.24, 2.45) is 15.9 Å². The van der Waals surface area contributed by atoms with Crippen molar-refractivity contribution in [3.05, 3.63) is 0 Å². The summed E-state index contributed by atoms with van der Waals surface area (Å²) in [6, 6.07) is 4.31. The van der Waals surface area contributed by atoms with E-state index in [4.69, 9.17) is 10.5 Å². The van der Waals surface area contributed by atoms with Crippen molar-refractivity contribution in [3.63, 3.8) is 0 Å². The zero-order valence-corrected chi connectivity index (χ0v) is 17.4. The van der Waals surface area contributed by atoms with Crippen molar-refractivity contribution < 1.29 is 0 Å². The second kappa shape index (κ2) is 25.6. The van der Waals surface area contributed by atoms with E-state index in [-0.39, 0.29) is 5.92 Å². The number of hydrogen-bond donors (Lipinski definition) is 0. The summed E-state index contributed by atoms with van der Waals surface area (Å²) in [6.45, 7) is 8.23. The van der Waals surface area contributed by atoms with E-state index in [1.165, 1.54) is 51.4 Å². The van der Waals surface area contributed by atoms with E-state index in [0.717, 1.165) is 32.4 Å². The summed E-state index contributed by atoms with van der Waals surface area (Å²) in [5, 5.41) is 16.8. The van der Waals surface area contributed by atoms with Crippen molar-refractivity contribution in [2.75, 3.05) is 13.1 Å². The van der Waals surface area contributed by atoms with Crippen LogP contribution < -0.4 is 0 Å². The Morgan fingerprint density at radius 2 is 1.38 bits per heavy atom. The van der Waals surface area contributed by atoms with E-state index in [0.29, 0.717) is 6.42 Å². The Morgan fingerprint density at radius 3 is 1.88 bits per heavy atom. The topological polar surface area (TPSA) is 72.3 Å².